The summed E-state index contributed by atoms with van der Waals surface area (Å²) < 4.78 is 10.6. The highest BCUT2D eigenvalue weighted by Gasteiger charge is 2.30. The Hall–Kier alpha value is -1.96. The van der Waals surface area contributed by atoms with Crippen molar-refractivity contribution in [2.75, 3.05) is 19.5 Å². The molecule has 3 N–H and O–H groups in total. The summed E-state index contributed by atoms with van der Waals surface area (Å²) in [6.07, 6.45) is 2.06. The van der Waals surface area contributed by atoms with Crippen molar-refractivity contribution in [1.82, 2.24) is 0 Å². The van der Waals surface area contributed by atoms with Crippen molar-refractivity contribution in [2.45, 2.75) is 24.8 Å². The number of ether oxygens (including phenoxy) is 2. The lowest BCUT2D eigenvalue weighted by Gasteiger charge is -2.33. The third-order valence-corrected chi connectivity index (χ3v) is 4.38. The third kappa shape index (κ3) is 4.78. The minimum atomic E-state index is 0. The van der Waals surface area contributed by atoms with Crippen molar-refractivity contribution >= 4 is 35.6 Å². The Bertz CT molecular complexity index is 716. The van der Waals surface area contributed by atoms with Crippen molar-refractivity contribution in [3.8, 4) is 11.5 Å². The van der Waals surface area contributed by atoms with Crippen molar-refractivity contribution < 1.29 is 9.47 Å². The van der Waals surface area contributed by atoms with Crippen LogP contribution in [0.2, 0.25) is 0 Å². The van der Waals surface area contributed by atoms with Gasteiger partial charge in [0.25, 0.3) is 0 Å². The second kappa shape index (κ2) is 8.94. The van der Waals surface area contributed by atoms with E-state index >= 15 is 0 Å². The number of hydrogen-bond acceptors (Lipinski definition) is 3. The maximum absolute atomic E-state index is 6.06. The molecule has 2 aromatic rings. The van der Waals surface area contributed by atoms with E-state index in [4.69, 9.17) is 15.2 Å². The number of nitrogens with two attached hydrogens (primary N) is 1. The zero-order valence-corrected chi connectivity index (χ0v) is 16.8. The van der Waals surface area contributed by atoms with E-state index in [-0.39, 0.29) is 30.0 Å². The fraction of sp³-hybridized carbons (Fsp3) is 0.316. The number of hydrogen-bond donors (Lipinski definition) is 2. The minimum Gasteiger partial charge on any atom is -0.497 e. The third-order valence-electron chi connectivity index (χ3n) is 4.38. The lowest BCUT2D eigenvalue weighted by molar-refractivity contribution is 0.353. The molecular weight excluding hydrogens is 429 g/mol. The molecule has 6 heteroatoms. The van der Waals surface area contributed by atoms with Crippen LogP contribution in [0.1, 0.15) is 24.3 Å². The summed E-state index contributed by atoms with van der Waals surface area (Å²) in [5, 5.41) is 3.11. The summed E-state index contributed by atoms with van der Waals surface area (Å²) in [5.41, 5.74) is 8.18. The first-order valence-electron chi connectivity index (χ1n) is 8.07. The van der Waals surface area contributed by atoms with Crippen LogP contribution < -0.4 is 20.5 Å². The average molecular weight is 453 g/mol. The van der Waals surface area contributed by atoms with E-state index in [1.165, 1.54) is 5.56 Å². The number of anilines is 1. The monoisotopic (exact) mass is 453 g/mol. The first-order valence-corrected chi connectivity index (χ1v) is 8.07. The second-order valence-electron chi connectivity index (χ2n) is 5.94. The Morgan fingerprint density at radius 3 is 2.44 bits per heavy atom. The Balaban J connectivity index is 0.00000225. The molecule has 0 atom stereocenters. The molecule has 134 valence electrons. The predicted molar refractivity (Wildman–Crippen MR) is 112 cm³/mol. The fourth-order valence-corrected chi connectivity index (χ4v) is 2.97. The highest BCUT2D eigenvalue weighted by molar-refractivity contribution is 14.0. The lowest BCUT2D eigenvalue weighted by atomic mass is 9.76. The van der Waals surface area contributed by atoms with Gasteiger partial charge in [0.05, 0.1) is 25.9 Å². The summed E-state index contributed by atoms with van der Waals surface area (Å²) >= 11 is 0. The second-order valence-corrected chi connectivity index (χ2v) is 5.94. The quantitative estimate of drug-likeness (QED) is 0.408. The summed E-state index contributed by atoms with van der Waals surface area (Å²) in [4.78, 5) is 4.57. The maximum atomic E-state index is 6.06. The Morgan fingerprint density at radius 1 is 1.08 bits per heavy atom. The van der Waals surface area contributed by atoms with E-state index in [2.05, 4.69) is 34.6 Å². The van der Waals surface area contributed by atoms with Crippen LogP contribution in [-0.2, 0) is 0 Å². The van der Waals surface area contributed by atoms with Gasteiger partial charge in [0.1, 0.15) is 11.5 Å². The van der Waals surface area contributed by atoms with Crippen molar-refractivity contribution in [1.29, 1.82) is 0 Å². The van der Waals surface area contributed by atoms with Gasteiger partial charge in [-0.1, -0.05) is 30.3 Å². The molecule has 0 aromatic heterocycles. The Kier molecular flexibility index (Phi) is 6.92. The molecule has 1 aliphatic carbocycles. The molecule has 0 aliphatic heterocycles. The number of aliphatic imine (C=N–C) groups is 1. The Morgan fingerprint density at radius 2 is 1.80 bits per heavy atom. The molecular formula is C19H24IN3O2. The summed E-state index contributed by atoms with van der Waals surface area (Å²) in [6, 6.07) is 16.3. The van der Waals surface area contributed by atoms with E-state index < -0.39 is 0 Å². The van der Waals surface area contributed by atoms with Crippen molar-refractivity contribution in [2.24, 2.45) is 10.7 Å². The van der Waals surface area contributed by atoms with Gasteiger partial charge >= 0.3 is 0 Å². The molecule has 3 rings (SSSR count). The molecule has 2 aromatic carbocycles. The van der Waals surface area contributed by atoms with Crippen molar-refractivity contribution in [3.63, 3.8) is 0 Å². The van der Waals surface area contributed by atoms with Crippen LogP contribution in [0.15, 0.2) is 53.5 Å². The van der Waals surface area contributed by atoms with Crippen LogP contribution in [0.25, 0.3) is 0 Å². The van der Waals surface area contributed by atoms with Gasteiger partial charge in [0.15, 0.2) is 5.96 Å². The SMILES string of the molecule is COc1ccc(OC)c(NC(N)=NC2CC(c3ccccc3)C2)c1.I. The molecule has 0 radical (unpaired) electrons. The standard InChI is InChI=1S/C19H23N3O2.HI/c1-23-16-8-9-18(24-2)17(12-16)22-19(20)21-15-10-14(11-15)13-6-4-3-5-7-13;/h3-9,12,14-15H,10-11H2,1-2H3,(H3,20,21,22);1H. The van der Waals surface area contributed by atoms with Crippen LogP contribution in [0.4, 0.5) is 5.69 Å². The van der Waals surface area contributed by atoms with Crippen LogP contribution in [0.5, 0.6) is 11.5 Å². The van der Waals surface area contributed by atoms with Gasteiger partial charge in [-0.05, 0) is 36.5 Å². The molecule has 5 nitrogen and oxygen atoms in total. The van der Waals surface area contributed by atoms with E-state index in [9.17, 15) is 0 Å². The van der Waals surface area contributed by atoms with Gasteiger partial charge in [-0.15, -0.1) is 24.0 Å². The summed E-state index contributed by atoms with van der Waals surface area (Å²) in [6.45, 7) is 0. The molecule has 0 heterocycles. The highest BCUT2D eigenvalue weighted by Crippen LogP contribution is 2.38. The number of nitrogens with one attached hydrogen (secondary N) is 1. The largest absolute Gasteiger partial charge is 0.497 e. The normalized spacial score (nSPS) is 19.4. The molecule has 1 fully saturated rings. The van der Waals surface area contributed by atoms with Gasteiger partial charge < -0.3 is 20.5 Å². The number of halogens is 1. The molecule has 25 heavy (non-hydrogen) atoms. The van der Waals surface area contributed by atoms with Gasteiger partial charge in [-0.3, -0.25) is 0 Å². The number of rotatable bonds is 5. The lowest BCUT2D eigenvalue weighted by Crippen LogP contribution is -2.31. The summed E-state index contributed by atoms with van der Waals surface area (Å²) in [7, 11) is 3.25. The first kappa shape index (κ1) is 19.4. The zero-order valence-electron chi connectivity index (χ0n) is 14.4. The minimum absolute atomic E-state index is 0. The Labute approximate surface area is 165 Å². The van der Waals surface area contributed by atoms with E-state index in [0.29, 0.717) is 17.6 Å². The molecule has 1 aliphatic rings. The van der Waals surface area contributed by atoms with Gasteiger partial charge in [-0.25, -0.2) is 4.99 Å². The van der Waals surface area contributed by atoms with Gasteiger partial charge in [0, 0.05) is 6.07 Å². The molecule has 1 saturated carbocycles. The molecule has 0 spiro atoms. The van der Waals surface area contributed by atoms with E-state index in [0.717, 1.165) is 24.3 Å². The number of guanidine groups is 1. The molecule has 0 saturated heterocycles. The van der Waals surface area contributed by atoms with E-state index in [1.54, 1.807) is 14.2 Å². The average Bonchev–Trinajstić information content (AvgIpc) is 2.58. The van der Waals surface area contributed by atoms with Crippen molar-refractivity contribution in [3.05, 3.63) is 54.1 Å². The van der Waals surface area contributed by atoms with Crippen LogP contribution in [0, 0.1) is 0 Å². The first-order chi connectivity index (χ1) is 11.7. The topological polar surface area (TPSA) is 68.9 Å². The van der Waals surface area contributed by atoms with Gasteiger partial charge in [0.2, 0.25) is 0 Å². The van der Waals surface area contributed by atoms with Gasteiger partial charge in [-0.2, -0.15) is 0 Å². The summed E-state index contributed by atoms with van der Waals surface area (Å²) in [5.74, 6) is 2.42. The number of benzene rings is 2. The molecule has 0 unspecified atom stereocenters. The van der Waals surface area contributed by atoms with Crippen LogP contribution in [-0.4, -0.2) is 26.2 Å². The molecule has 0 bridgehead atoms. The number of nitrogens with zero attached hydrogens (tertiary/aromatic N) is 1. The smallest absolute Gasteiger partial charge is 0.193 e. The molecule has 0 amide bonds. The maximum Gasteiger partial charge on any atom is 0.193 e. The van der Waals surface area contributed by atoms with E-state index in [1.807, 2.05) is 24.3 Å². The number of methoxy groups -OCH3 is 2. The fourth-order valence-electron chi connectivity index (χ4n) is 2.97. The van der Waals surface area contributed by atoms with Crippen LogP contribution >= 0.6 is 24.0 Å². The van der Waals surface area contributed by atoms with Crippen LogP contribution in [0.3, 0.4) is 0 Å². The zero-order chi connectivity index (χ0) is 16.9. The predicted octanol–water partition coefficient (Wildman–Crippen LogP) is 3.99. The highest BCUT2D eigenvalue weighted by atomic mass is 127.